The predicted molar refractivity (Wildman–Crippen MR) is 107 cm³/mol. The lowest BCUT2D eigenvalue weighted by Crippen LogP contribution is -2.35. The van der Waals surface area contributed by atoms with E-state index in [-0.39, 0.29) is 5.97 Å². The molecule has 2 aromatic rings. The van der Waals surface area contributed by atoms with Crippen LogP contribution >= 0.6 is 11.6 Å². The van der Waals surface area contributed by atoms with Crippen molar-refractivity contribution in [2.24, 2.45) is 0 Å². The first-order valence-electron chi connectivity index (χ1n) is 9.37. The zero-order valence-corrected chi connectivity index (χ0v) is 16.5. The van der Waals surface area contributed by atoms with Crippen LogP contribution in [0, 0.1) is 0 Å². The van der Waals surface area contributed by atoms with E-state index in [1.54, 1.807) is 6.07 Å². The molecule has 2 N–H and O–H groups in total. The predicted octanol–water partition coefficient (Wildman–Crippen LogP) is 3.84. The summed E-state index contributed by atoms with van der Waals surface area (Å²) in [4.78, 5) is 14.3. The number of aryl methyl sites for hydroxylation is 1. The van der Waals surface area contributed by atoms with Crippen LogP contribution in [0.1, 0.15) is 54.1 Å². The molecule has 1 fully saturated rings. The van der Waals surface area contributed by atoms with Gasteiger partial charge in [-0.3, -0.25) is 0 Å². The molecule has 27 heavy (non-hydrogen) atoms. The number of esters is 1. The van der Waals surface area contributed by atoms with Gasteiger partial charge in [0, 0.05) is 25.1 Å². The molecule has 0 bridgehead atoms. The van der Waals surface area contributed by atoms with Crippen LogP contribution in [0.25, 0.3) is 0 Å². The smallest absolute Gasteiger partial charge is 0.338 e. The lowest BCUT2D eigenvalue weighted by atomic mass is 9.86. The van der Waals surface area contributed by atoms with Gasteiger partial charge in [-0.1, -0.05) is 24.6 Å². The fourth-order valence-corrected chi connectivity index (χ4v) is 3.86. The molecule has 1 aromatic carbocycles. The van der Waals surface area contributed by atoms with Crippen molar-refractivity contribution in [3.05, 3.63) is 46.1 Å². The number of hydrogen-bond donors (Lipinski definition) is 1. The van der Waals surface area contributed by atoms with Crippen molar-refractivity contribution in [2.75, 3.05) is 30.3 Å². The highest BCUT2D eigenvalue weighted by Gasteiger charge is 2.25. The standard InChI is InChI=1S/C20H25ClN4O2/c1-3-13-10-14(20(26)27-4-2)7-8-16(13)15-6-5-9-25(12-15)17-11-18(21)23-24-19(17)22/h7-8,10-11,15H,3-6,9,12H2,1-2H3,(H2,22,24)/t15-/m0/s1. The second-order valence-electron chi connectivity index (χ2n) is 6.71. The number of carbonyl (C=O) groups excluding carboxylic acids is 1. The summed E-state index contributed by atoms with van der Waals surface area (Å²) in [6, 6.07) is 7.67. The summed E-state index contributed by atoms with van der Waals surface area (Å²) < 4.78 is 5.13. The molecule has 3 rings (SSSR count). The molecule has 0 aliphatic carbocycles. The number of carbonyl (C=O) groups is 1. The number of nitrogen functional groups attached to an aromatic ring is 1. The van der Waals surface area contributed by atoms with E-state index in [1.807, 2.05) is 19.1 Å². The third kappa shape index (κ3) is 4.33. The number of nitrogens with zero attached hydrogens (tertiary/aromatic N) is 3. The van der Waals surface area contributed by atoms with E-state index in [1.165, 1.54) is 11.1 Å². The van der Waals surface area contributed by atoms with Crippen LogP contribution in [0.2, 0.25) is 5.15 Å². The van der Waals surface area contributed by atoms with Crippen molar-refractivity contribution >= 4 is 29.1 Å². The van der Waals surface area contributed by atoms with Gasteiger partial charge in [0.15, 0.2) is 11.0 Å². The van der Waals surface area contributed by atoms with Gasteiger partial charge in [-0.25, -0.2) is 4.79 Å². The highest BCUT2D eigenvalue weighted by molar-refractivity contribution is 6.29. The van der Waals surface area contributed by atoms with Gasteiger partial charge in [0.2, 0.25) is 0 Å². The van der Waals surface area contributed by atoms with Crippen LogP contribution < -0.4 is 10.6 Å². The molecular formula is C20H25ClN4O2. The molecule has 1 aliphatic rings. The molecule has 1 aromatic heterocycles. The van der Waals surface area contributed by atoms with E-state index in [0.717, 1.165) is 38.0 Å². The minimum Gasteiger partial charge on any atom is -0.462 e. The third-order valence-electron chi connectivity index (χ3n) is 5.01. The molecule has 1 atom stereocenters. The molecule has 0 unspecified atom stereocenters. The molecule has 144 valence electrons. The van der Waals surface area contributed by atoms with E-state index in [2.05, 4.69) is 28.1 Å². The van der Waals surface area contributed by atoms with Gasteiger partial charge in [0.25, 0.3) is 0 Å². The maximum atomic E-state index is 12.0. The molecule has 6 nitrogen and oxygen atoms in total. The van der Waals surface area contributed by atoms with E-state index in [4.69, 9.17) is 22.1 Å². The molecule has 1 saturated heterocycles. The molecule has 7 heteroatoms. The Hall–Kier alpha value is -2.34. The van der Waals surface area contributed by atoms with E-state index >= 15 is 0 Å². The summed E-state index contributed by atoms with van der Waals surface area (Å²) in [6.45, 7) is 6.04. The Balaban J connectivity index is 1.85. The number of halogens is 1. The zero-order chi connectivity index (χ0) is 19.4. The number of hydrogen-bond acceptors (Lipinski definition) is 6. The van der Waals surface area contributed by atoms with Crippen molar-refractivity contribution in [2.45, 2.75) is 39.0 Å². The van der Waals surface area contributed by atoms with Crippen LogP contribution in [0.4, 0.5) is 11.5 Å². The number of benzene rings is 1. The van der Waals surface area contributed by atoms with Gasteiger partial charge >= 0.3 is 5.97 Å². The fraction of sp³-hybridized carbons (Fsp3) is 0.450. The van der Waals surface area contributed by atoms with Gasteiger partial charge < -0.3 is 15.4 Å². The maximum Gasteiger partial charge on any atom is 0.338 e. The molecule has 0 radical (unpaired) electrons. The van der Waals surface area contributed by atoms with Crippen molar-refractivity contribution in [1.29, 1.82) is 0 Å². The fourth-order valence-electron chi connectivity index (χ4n) is 3.72. The highest BCUT2D eigenvalue weighted by Crippen LogP contribution is 2.34. The lowest BCUT2D eigenvalue weighted by Gasteiger charge is -2.35. The number of piperidine rings is 1. The number of rotatable bonds is 5. The van der Waals surface area contributed by atoms with Gasteiger partial charge in [0.05, 0.1) is 17.9 Å². The average molecular weight is 389 g/mol. The van der Waals surface area contributed by atoms with Gasteiger partial charge in [-0.05, 0) is 49.4 Å². The normalized spacial score (nSPS) is 17.0. The molecule has 1 aliphatic heterocycles. The zero-order valence-electron chi connectivity index (χ0n) is 15.7. The van der Waals surface area contributed by atoms with E-state index in [0.29, 0.717) is 29.1 Å². The Kier molecular flexibility index (Phi) is 6.16. The Morgan fingerprint density at radius 1 is 1.33 bits per heavy atom. The summed E-state index contributed by atoms with van der Waals surface area (Å²) in [7, 11) is 0. The minimum atomic E-state index is -0.269. The van der Waals surface area contributed by atoms with Gasteiger partial charge in [0.1, 0.15) is 0 Å². The molecule has 0 amide bonds. The van der Waals surface area contributed by atoms with E-state index < -0.39 is 0 Å². The molecule has 2 heterocycles. The Labute approximate surface area is 164 Å². The Bertz CT molecular complexity index is 828. The first-order valence-corrected chi connectivity index (χ1v) is 9.74. The summed E-state index contributed by atoms with van der Waals surface area (Å²) in [6.07, 6.45) is 3.01. The third-order valence-corrected chi connectivity index (χ3v) is 5.19. The SMILES string of the molecule is CCOC(=O)c1ccc([C@H]2CCCN(c3cc(Cl)nnc3N)C2)c(CC)c1. The summed E-state index contributed by atoms with van der Waals surface area (Å²) in [5.74, 6) is 0.485. The number of ether oxygens (including phenoxy) is 1. The Morgan fingerprint density at radius 2 is 2.15 bits per heavy atom. The van der Waals surface area contributed by atoms with Crippen molar-refractivity contribution in [3.63, 3.8) is 0 Å². The number of anilines is 2. The van der Waals surface area contributed by atoms with E-state index in [9.17, 15) is 4.79 Å². The monoisotopic (exact) mass is 388 g/mol. The summed E-state index contributed by atoms with van der Waals surface area (Å²) in [5.41, 5.74) is 9.93. The average Bonchev–Trinajstić information content (AvgIpc) is 2.69. The number of aromatic nitrogens is 2. The van der Waals surface area contributed by atoms with Crippen LogP contribution in [-0.4, -0.2) is 35.9 Å². The second-order valence-corrected chi connectivity index (χ2v) is 7.10. The van der Waals surface area contributed by atoms with Crippen LogP contribution in [0.3, 0.4) is 0 Å². The molecule has 0 saturated carbocycles. The molecular weight excluding hydrogens is 364 g/mol. The van der Waals surface area contributed by atoms with Crippen LogP contribution in [0.15, 0.2) is 24.3 Å². The van der Waals surface area contributed by atoms with Crippen LogP contribution in [-0.2, 0) is 11.2 Å². The first-order chi connectivity index (χ1) is 13.0. The summed E-state index contributed by atoms with van der Waals surface area (Å²) >= 11 is 6.01. The van der Waals surface area contributed by atoms with Gasteiger partial charge in [-0.2, -0.15) is 0 Å². The van der Waals surface area contributed by atoms with Crippen molar-refractivity contribution in [3.8, 4) is 0 Å². The van der Waals surface area contributed by atoms with Crippen molar-refractivity contribution in [1.82, 2.24) is 10.2 Å². The topological polar surface area (TPSA) is 81.3 Å². The minimum absolute atomic E-state index is 0.269. The quantitative estimate of drug-likeness (QED) is 0.784. The molecule has 0 spiro atoms. The summed E-state index contributed by atoms with van der Waals surface area (Å²) in [5, 5.41) is 8.08. The lowest BCUT2D eigenvalue weighted by molar-refractivity contribution is 0.0526. The second kappa shape index (κ2) is 8.57. The first kappa shape index (κ1) is 19.4. The maximum absolute atomic E-state index is 12.0. The van der Waals surface area contributed by atoms with Crippen molar-refractivity contribution < 1.29 is 9.53 Å². The Morgan fingerprint density at radius 3 is 2.89 bits per heavy atom. The largest absolute Gasteiger partial charge is 0.462 e. The number of nitrogens with two attached hydrogens (primary N) is 1. The van der Waals surface area contributed by atoms with Crippen LogP contribution in [0.5, 0.6) is 0 Å². The van der Waals surface area contributed by atoms with Gasteiger partial charge in [-0.15, -0.1) is 10.2 Å². The highest BCUT2D eigenvalue weighted by atomic mass is 35.5.